The van der Waals surface area contributed by atoms with Crippen molar-refractivity contribution >= 4 is 20.6 Å². The highest BCUT2D eigenvalue weighted by atomic mass is 32.2. The Morgan fingerprint density at radius 3 is 2.33 bits per heavy atom. The van der Waals surface area contributed by atoms with Crippen molar-refractivity contribution in [2.45, 2.75) is 23.5 Å². The summed E-state index contributed by atoms with van der Waals surface area (Å²) in [5.41, 5.74) is 0. The van der Waals surface area contributed by atoms with Crippen LogP contribution < -0.4 is 0 Å². The third-order valence-electron chi connectivity index (χ3n) is 3.22. The topological polar surface area (TPSA) is 34.1 Å². The molecule has 2 aromatic carbocycles. The van der Waals surface area contributed by atoms with Crippen LogP contribution in [0.25, 0.3) is 10.8 Å². The van der Waals surface area contributed by atoms with E-state index >= 15 is 0 Å². The molecular weight excluding hydrogens is 244 g/mol. The van der Waals surface area contributed by atoms with E-state index in [-0.39, 0.29) is 0 Å². The molecule has 0 amide bonds. The molecule has 0 atom stereocenters. The van der Waals surface area contributed by atoms with Crippen LogP contribution in [0.4, 0.5) is 0 Å². The maximum Gasteiger partial charge on any atom is 0.187 e. The lowest BCUT2D eigenvalue weighted by molar-refractivity contribution is 0.573. The summed E-state index contributed by atoms with van der Waals surface area (Å²) in [5, 5.41) is 1.69. The van der Waals surface area contributed by atoms with E-state index in [1.807, 2.05) is 30.3 Å². The summed E-state index contributed by atoms with van der Waals surface area (Å²) in [6, 6.07) is 12.8. The van der Waals surface area contributed by atoms with Gasteiger partial charge in [-0.1, -0.05) is 42.5 Å². The monoisotopic (exact) mass is 260 g/mol. The molecule has 0 aliphatic rings. The van der Waals surface area contributed by atoms with Crippen LogP contribution in [0.1, 0.15) is 13.8 Å². The first kappa shape index (κ1) is 12.8. The molecule has 0 heterocycles. The summed E-state index contributed by atoms with van der Waals surface area (Å²) in [5.74, 6) is 0. The molecule has 3 heteroatoms. The maximum absolute atomic E-state index is 12.6. The second kappa shape index (κ2) is 4.25. The van der Waals surface area contributed by atoms with Gasteiger partial charge < -0.3 is 0 Å². The molecule has 18 heavy (non-hydrogen) atoms. The van der Waals surface area contributed by atoms with Crippen molar-refractivity contribution in [1.29, 1.82) is 0 Å². The Bertz CT molecular complexity index is 692. The highest BCUT2D eigenvalue weighted by Crippen LogP contribution is 2.31. The number of rotatable bonds is 3. The normalized spacial score (nSPS) is 12.6. The van der Waals surface area contributed by atoms with Crippen LogP contribution >= 0.6 is 0 Å². The van der Waals surface area contributed by atoms with Crippen molar-refractivity contribution in [1.82, 2.24) is 0 Å². The van der Waals surface area contributed by atoms with E-state index in [0.717, 1.165) is 10.8 Å². The average Bonchev–Trinajstić information content (AvgIpc) is 2.37. The van der Waals surface area contributed by atoms with E-state index in [1.54, 1.807) is 26.0 Å². The zero-order valence-electron chi connectivity index (χ0n) is 10.6. The molecule has 0 spiro atoms. The van der Waals surface area contributed by atoms with Crippen molar-refractivity contribution in [3.63, 3.8) is 0 Å². The van der Waals surface area contributed by atoms with Gasteiger partial charge in [0.25, 0.3) is 0 Å². The van der Waals surface area contributed by atoms with Crippen LogP contribution in [0.3, 0.4) is 0 Å². The lowest BCUT2D eigenvalue weighted by Crippen LogP contribution is -2.29. The Hall–Kier alpha value is -1.61. The van der Waals surface area contributed by atoms with Gasteiger partial charge in [0.15, 0.2) is 9.84 Å². The Morgan fingerprint density at radius 1 is 1.06 bits per heavy atom. The van der Waals surface area contributed by atoms with Gasteiger partial charge in [0, 0.05) is 5.39 Å². The highest BCUT2D eigenvalue weighted by molar-refractivity contribution is 7.93. The molecule has 0 fully saturated rings. The van der Waals surface area contributed by atoms with E-state index in [0.29, 0.717) is 4.90 Å². The Kier molecular flexibility index (Phi) is 3.03. The minimum Gasteiger partial charge on any atom is -0.223 e. The van der Waals surface area contributed by atoms with Crippen molar-refractivity contribution in [2.75, 3.05) is 0 Å². The average molecular weight is 260 g/mol. The lowest BCUT2D eigenvalue weighted by atomic mass is 10.1. The minimum atomic E-state index is -3.43. The van der Waals surface area contributed by atoms with Crippen molar-refractivity contribution in [3.05, 3.63) is 55.1 Å². The molecule has 2 rings (SSSR count). The van der Waals surface area contributed by atoms with Crippen LogP contribution in [0.5, 0.6) is 0 Å². The summed E-state index contributed by atoms with van der Waals surface area (Å²) in [4.78, 5) is 0.366. The molecule has 0 aliphatic carbocycles. The van der Waals surface area contributed by atoms with E-state index in [1.165, 1.54) is 6.08 Å². The molecule has 0 saturated heterocycles. The molecule has 0 N–H and O–H groups in total. The predicted molar refractivity (Wildman–Crippen MR) is 75.4 cm³/mol. The SMILES string of the molecule is C=CC(C)(C)S(=O)(=O)c1cccc2ccccc12. The Balaban J connectivity index is 2.81. The molecule has 0 aliphatic heterocycles. The summed E-state index contributed by atoms with van der Waals surface area (Å²) in [7, 11) is -3.43. The Morgan fingerprint density at radius 2 is 1.67 bits per heavy atom. The van der Waals surface area contributed by atoms with Crippen LogP contribution in [0.2, 0.25) is 0 Å². The van der Waals surface area contributed by atoms with Gasteiger partial charge in [-0.3, -0.25) is 0 Å². The first-order valence-corrected chi connectivity index (χ1v) is 7.24. The number of hydrogen-bond donors (Lipinski definition) is 0. The minimum absolute atomic E-state index is 0.366. The van der Waals surface area contributed by atoms with Gasteiger partial charge in [-0.25, -0.2) is 8.42 Å². The van der Waals surface area contributed by atoms with E-state index in [4.69, 9.17) is 0 Å². The van der Waals surface area contributed by atoms with Gasteiger partial charge in [0.1, 0.15) is 0 Å². The van der Waals surface area contributed by atoms with Crippen LogP contribution in [0.15, 0.2) is 60.0 Å². The fraction of sp³-hybridized carbons (Fsp3) is 0.200. The number of sulfone groups is 1. The lowest BCUT2D eigenvalue weighted by Gasteiger charge is -2.21. The quantitative estimate of drug-likeness (QED) is 0.790. The van der Waals surface area contributed by atoms with Gasteiger partial charge in [-0.15, -0.1) is 6.58 Å². The zero-order valence-corrected chi connectivity index (χ0v) is 11.4. The number of benzene rings is 2. The first-order chi connectivity index (χ1) is 8.40. The smallest absolute Gasteiger partial charge is 0.187 e. The van der Waals surface area contributed by atoms with Gasteiger partial charge in [-0.2, -0.15) is 0 Å². The van der Waals surface area contributed by atoms with E-state index < -0.39 is 14.6 Å². The molecule has 0 aromatic heterocycles. The summed E-state index contributed by atoms with van der Waals surface area (Å²) >= 11 is 0. The van der Waals surface area contributed by atoms with Gasteiger partial charge in [0.05, 0.1) is 9.64 Å². The second-order valence-electron chi connectivity index (χ2n) is 4.79. The van der Waals surface area contributed by atoms with Gasteiger partial charge in [-0.05, 0) is 25.3 Å². The Labute approximate surface area is 108 Å². The fourth-order valence-corrected chi connectivity index (χ4v) is 3.34. The van der Waals surface area contributed by atoms with E-state index in [2.05, 4.69) is 6.58 Å². The first-order valence-electron chi connectivity index (χ1n) is 5.76. The third kappa shape index (κ3) is 1.85. The number of hydrogen-bond acceptors (Lipinski definition) is 2. The van der Waals surface area contributed by atoms with Crippen molar-refractivity contribution in [2.24, 2.45) is 0 Å². The third-order valence-corrected chi connectivity index (χ3v) is 5.71. The van der Waals surface area contributed by atoms with Crippen LogP contribution in [0, 0.1) is 0 Å². The van der Waals surface area contributed by atoms with Crippen molar-refractivity contribution < 1.29 is 8.42 Å². The largest absolute Gasteiger partial charge is 0.223 e. The molecule has 94 valence electrons. The molecule has 0 saturated carbocycles. The maximum atomic E-state index is 12.6. The second-order valence-corrected chi connectivity index (χ2v) is 7.29. The number of fused-ring (bicyclic) bond motifs is 1. The standard InChI is InChI=1S/C15H16O2S/c1-4-15(2,3)18(16,17)14-11-7-9-12-8-5-6-10-13(12)14/h4-11H,1H2,2-3H3. The van der Waals surface area contributed by atoms with E-state index in [9.17, 15) is 8.42 Å². The molecular formula is C15H16O2S. The molecule has 0 unspecified atom stereocenters. The summed E-state index contributed by atoms with van der Waals surface area (Å²) < 4.78 is 24.3. The highest BCUT2D eigenvalue weighted by Gasteiger charge is 2.33. The zero-order chi connectivity index (χ0) is 13.4. The molecule has 2 aromatic rings. The van der Waals surface area contributed by atoms with Gasteiger partial charge >= 0.3 is 0 Å². The van der Waals surface area contributed by atoms with Crippen LogP contribution in [-0.4, -0.2) is 13.2 Å². The van der Waals surface area contributed by atoms with Crippen molar-refractivity contribution in [3.8, 4) is 0 Å². The van der Waals surface area contributed by atoms with Gasteiger partial charge in [0.2, 0.25) is 0 Å². The molecule has 0 bridgehead atoms. The summed E-state index contributed by atoms with van der Waals surface area (Å²) in [6.07, 6.45) is 1.48. The fourth-order valence-electron chi connectivity index (χ4n) is 1.82. The predicted octanol–water partition coefficient (Wildman–Crippen LogP) is 3.58. The summed E-state index contributed by atoms with van der Waals surface area (Å²) in [6.45, 7) is 6.95. The van der Waals surface area contributed by atoms with Crippen LogP contribution in [-0.2, 0) is 9.84 Å². The molecule has 2 nitrogen and oxygen atoms in total. The molecule has 0 radical (unpaired) electrons.